The van der Waals surface area contributed by atoms with Crippen LogP contribution in [0.4, 0.5) is 0 Å². The SMILES string of the molecule is CO[C@@H]1C=C(CO)[C@@H]2C1=C(COC(=O)CC(C)C)[C@@](O)(OC)O[C@H]2OC(=O)CC(C)C. The van der Waals surface area contributed by atoms with Crippen molar-refractivity contribution < 1.29 is 43.5 Å². The van der Waals surface area contributed by atoms with Gasteiger partial charge in [-0.05, 0) is 29.1 Å². The van der Waals surface area contributed by atoms with E-state index >= 15 is 0 Å². The number of carbonyl (C=O) groups is 2. The second-order valence-corrected chi connectivity index (χ2v) is 8.59. The lowest BCUT2D eigenvalue weighted by Gasteiger charge is -2.42. The van der Waals surface area contributed by atoms with Gasteiger partial charge < -0.3 is 29.2 Å². The van der Waals surface area contributed by atoms with Gasteiger partial charge >= 0.3 is 17.9 Å². The third-order valence-electron chi connectivity index (χ3n) is 5.17. The zero-order valence-electron chi connectivity index (χ0n) is 19.0. The van der Waals surface area contributed by atoms with Crippen molar-refractivity contribution in [3.63, 3.8) is 0 Å². The van der Waals surface area contributed by atoms with Crippen molar-refractivity contribution in [2.75, 3.05) is 27.4 Å². The molecular formula is C22H34O9. The number of rotatable bonds is 10. The van der Waals surface area contributed by atoms with Crippen LogP contribution in [0.15, 0.2) is 22.8 Å². The minimum absolute atomic E-state index is 0.0616. The molecule has 2 rings (SSSR count). The topological polar surface area (TPSA) is 121 Å². The van der Waals surface area contributed by atoms with Gasteiger partial charge in [0.25, 0.3) is 0 Å². The first-order valence-electron chi connectivity index (χ1n) is 10.4. The van der Waals surface area contributed by atoms with E-state index in [-0.39, 0.29) is 43.5 Å². The minimum Gasteiger partial charge on any atom is -0.461 e. The fourth-order valence-electron chi connectivity index (χ4n) is 3.76. The van der Waals surface area contributed by atoms with Crippen molar-refractivity contribution in [2.45, 2.75) is 58.9 Å². The summed E-state index contributed by atoms with van der Waals surface area (Å²) in [6.45, 7) is 6.89. The molecule has 4 atom stereocenters. The Balaban J connectivity index is 2.43. The molecular weight excluding hydrogens is 408 g/mol. The van der Waals surface area contributed by atoms with E-state index in [1.165, 1.54) is 14.2 Å². The maximum absolute atomic E-state index is 12.3. The van der Waals surface area contributed by atoms with E-state index in [1.807, 2.05) is 27.7 Å². The Morgan fingerprint density at radius 2 is 1.74 bits per heavy atom. The Hall–Kier alpha value is -1.78. The van der Waals surface area contributed by atoms with E-state index < -0.39 is 36.2 Å². The van der Waals surface area contributed by atoms with Gasteiger partial charge in [-0.25, -0.2) is 0 Å². The van der Waals surface area contributed by atoms with Crippen LogP contribution in [-0.2, 0) is 33.3 Å². The van der Waals surface area contributed by atoms with E-state index in [4.69, 9.17) is 23.7 Å². The maximum Gasteiger partial charge on any atom is 0.311 e. The molecule has 1 heterocycles. The molecule has 0 unspecified atom stereocenters. The molecule has 0 spiro atoms. The fourth-order valence-corrected chi connectivity index (χ4v) is 3.76. The molecule has 9 heteroatoms. The Morgan fingerprint density at radius 1 is 1.13 bits per heavy atom. The molecule has 0 saturated carbocycles. The van der Waals surface area contributed by atoms with Gasteiger partial charge in [-0.15, -0.1) is 0 Å². The predicted octanol–water partition coefficient (Wildman–Crippen LogP) is 1.67. The molecule has 0 aromatic heterocycles. The molecule has 0 bridgehead atoms. The predicted molar refractivity (Wildman–Crippen MR) is 109 cm³/mol. The molecule has 0 aromatic carbocycles. The molecule has 176 valence electrons. The van der Waals surface area contributed by atoms with Gasteiger partial charge in [-0.3, -0.25) is 14.3 Å². The van der Waals surface area contributed by atoms with Crippen molar-refractivity contribution in [3.05, 3.63) is 22.8 Å². The van der Waals surface area contributed by atoms with Gasteiger partial charge in [0, 0.05) is 27.1 Å². The lowest BCUT2D eigenvalue weighted by molar-refractivity contribution is -0.383. The van der Waals surface area contributed by atoms with Gasteiger partial charge in [0.2, 0.25) is 6.29 Å². The number of hydrogen-bond donors (Lipinski definition) is 2. The largest absolute Gasteiger partial charge is 0.461 e. The average Bonchev–Trinajstić information content (AvgIpc) is 3.05. The summed E-state index contributed by atoms with van der Waals surface area (Å²) in [6, 6.07) is 0. The molecule has 9 nitrogen and oxygen atoms in total. The summed E-state index contributed by atoms with van der Waals surface area (Å²) in [5, 5.41) is 21.0. The van der Waals surface area contributed by atoms with Crippen LogP contribution >= 0.6 is 0 Å². The van der Waals surface area contributed by atoms with Crippen molar-refractivity contribution in [2.24, 2.45) is 17.8 Å². The van der Waals surface area contributed by atoms with Crippen LogP contribution in [-0.4, -0.2) is 68.0 Å². The number of aliphatic hydroxyl groups is 2. The molecule has 2 N–H and O–H groups in total. The van der Waals surface area contributed by atoms with Crippen LogP contribution in [0.25, 0.3) is 0 Å². The third kappa shape index (κ3) is 5.93. The molecule has 0 fully saturated rings. The highest BCUT2D eigenvalue weighted by atomic mass is 16.9. The number of fused-ring (bicyclic) bond motifs is 1. The molecule has 1 aliphatic heterocycles. The van der Waals surface area contributed by atoms with Gasteiger partial charge in [0.05, 0.1) is 24.2 Å². The highest BCUT2D eigenvalue weighted by molar-refractivity contribution is 5.70. The van der Waals surface area contributed by atoms with E-state index in [2.05, 4.69) is 0 Å². The fraction of sp³-hybridized carbons (Fsp3) is 0.727. The molecule has 0 radical (unpaired) electrons. The summed E-state index contributed by atoms with van der Waals surface area (Å²) in [5.74, 6) is -3.80. The first-order chi connectivity index (χ1) is 14.6. The Labute approximate surface area is 182 Å². The van der Waals surface area contributed by atoms with E-state index in [9.17, 15) is 19.8 Å². The van der Waals surface area contributed by atoms with Crippen LogP contribution in [0, 0.1) is 17.8 Å². The van der Waals surface area contributed by atoms with Crippen molar-refractivity contribution in [3.8, 4) is 0 Å². The summed E-state index contributed by atoms with van der Waals surface area (Å²) < 4.78 is 27.3. The minimum atomic E-state index is -2.30. The van der Waals surface area contributed by atoms with Gasteiger partial charge in [-0.2, -0.15) is 0 Å². The van der Waals surface area contributed by atoms with Crippen molar-refractivity contribution in [1.82, 2.24) is 0 Å². The number of methoxy groups -OCH3 is 2. The Kier molecular flexibility index (Phi) is 8.79. The zero-order chi connectivity index (χ0) is 23.3. The summed E-state index contributed by atoms with van der Waals surface area (Å²) in [6.07, 6.45) is 0.136. The Bertz CT molecular complexity index is 724. The third-order valence-corrected chi connectivity index (χ3v) is 5.17. The van der Waals surface area contributed by atoms with Crippen LogP contribution in [0.5, 0.6) is 0 Å². The monoisotopic (exact) mass is 442 g/mol. The van der Waals surface area contributed by atoms with E-state index in [0.717, 1.165) is 0 Å². The number of carbonyl (C=O) groups excluding carboxylic acids is 2. The lowest BCUT2D eigenvalue weighted by Crippen LogP contribution is -2.52. The van der Waals surface area contributed by atoms with Crippen LogP contribution in [0.1, 0.15) is 40.5 Å². The molecule has 31 heavy (non-hydrogen) atoms. The normalized spacial score (nSPS) is 28.1. The highest BCUT2D eigenvalue weighted by Gasteiger charge is 2.54. The number of hydrogen-bond acceptors (Lipinski definition) is 9. The highest BCUT2D eigenvalue weighted by Crippen LogP contribution is 2.47. The first kappa shape index (κ1) is 25.5. The first-order valence-corrected chi connectivity index (χ1v) is 10.4. The van der Waals surface area contributed by atoms with Gasteiger partial charge in [0.1, 0.15) is 6.61 Å². The average molecular weight is 443 g/mol. The molecule has 0 aromatic rings. The standard InChI is InChI=1S/C22H34O9/c1-12(2)7-17(24)29-11-15-20-16(27-5)9-14(10-23)19(20)21(31-22(15,26)28-6)30-18(25)8-13(3)4/h9,12-13,16,19,21,23,26H,7-8,10-11H2,1-6H3/t16-,19-,21-,22-/m1/s1. The van der Waals surface area contributed by atoms with E-state index in [0.29, 0.717) is 11.1 Å². The summed E-state index contributed by atoms with van der Waals surface area (Å²) in [7, 11) is 2.69. The maximum atomic E-state index is 12.3. The Morgan fingerprint density at radius 3 is 2.26 bits per heavy atom. The molecule has 2 aliphatic rings. The molecule has 0 saturated heterocycles. The lowest BCUT2D eigenvalue weighted by atomic mass is 9.87. The van der Waals surface area contributed by atoms with Crippen LogP contribution in [0.2, 0.25) is 0 Å². The van der Waals surface area contributed by atoms with Crippen molar-refractivity contribution >= 4 is 11.9 Å². The summed E-state index contributed by atoms with van der Waals surface area (Å²) >= 11 is 0. The van der Waals surface area contributed by atoms with Crippen molar-refractivity contribution in [1.29, 1.82) is 0 Å². The molecule has 0 amide bonds. The summed E-state index contributed by atoms with van der Waals surface area (Å²) in [5.41, 5.74) is 1.12. The zero-order valence-corrected chi connectivity index (χ0v) is 19.0. The second kappa shape index (κ2) is 10.7. The summed E-state index contributed by atoms with van der Waals surface area (Å²) in [4.78, 5) is 24.4. The smallest absolute Gasteiger partial charge is 0.311 e. The van der Waals surface area contributed by atoms with E-state index in [1.54, 1.807) is 6.08 Å². The van der Waals surface area contributed by atoms with Crippen LogP contribution in [0.3, 0.4) is 0 Å². The van der Waals surface area contributed by atoms with Gasteiger partial charge in [0.15, 0.2) is 0 Å². The number of ether oxygens (including phenoxy) is 5. The molecule has 1 aliphatic carbocycles. The second-order valence-electron chi connectivity index (χ2n) is 8.59. The number of esters is 2. The van der Waals surface area contributed by atoms with Crippen LogP contribution < -0.4 is 0 Å². The van der Waals surface area contributed by atoms with Gasteiger partial charge in [-0.1, -0.05) is 27.7 Å². The number of aliphatic hydroxyl groups excluding tert-OH is 1. The quantitative estimate of drug-likeness (QED) is 0.296.